The molecule has 158 valence electrons. The topological polar surface area (TPSA) is 66.8 Å². The number of imide groups is 1. The van der Waals surface area contributed by atoms with E-state index in [0.717, 1.165) is 42.4 Å². The smallest absolute Gasteiger partial charge is 0.235 e. The molecule has 0 radical (unpaired) electrons. The van der Waals surface area contributed by atoms with Crippen molar-refractivity contribution in [3.8, 4) is 0 Å². The van der Waals surface area contributed by atoms with Gasteiger partial charge in [-0.1, -0.05) is 67.4 Å². The molecule has 5 heteroatoms. The van der Waals surface area contributed by atoms with Crippen molar-refractivity contribution in [1.29, 1.82) is 0 Å². The van der Waals surface area contributed by atoms with E-state index >= 15 is 0 Å². The molecular weight excluding hydrogens is 378 g/mol. The fraction of sp³-hybridized carbons (Fsp3) is 0.440. The van der Waals surface area contributed by atoms with Gasteiger partial charge < -0.3 is 9.84 Å². The lowest BCUT2D eigenvalue weighted by Crippen LogP contribution is -2.41. The van der Waals surface area contributed by atoms with Gasteiger partial charge in [-0.3, -0.25) is 14.5 Å². The first-order valence-electron chi connectivity index (χ1n) is 10.8. The van der Waals surface area contributed by atoms with Crippen LogP contribution in [0.1, 0.15) is 54.9 Å². The Morgan fingerprint density at radius 3 is 2.40 bits per heavy atom. The summed E-state index contributed by atoms with van der Waals surface area (Å²) in [5.74, 6) is -0.276. The molecule has 1 N–H and O–H groups in total. The molecule has 4 rings (SSSR count). The molecule has 1 aliphatic heterocycles. The first-order chi connectivity index (χ1) is 14.5. The highest BCUT2D eigenvalue weighted by atomic mass is 16.5. The van der Waals surface area contributed by atoms with Crippen molar-refractivity contribution in [2.45, 2.75) is 51.2 Å². The zero-order valence-electron chi connectivity index (χ0n) is 17.4. The van der Waals surface area contributed by atoms with Crippen molar-refractivity contribution in [1.82, 2.24) is 4.90 Å². The number of rotatable bonds is 7. The molecule has 2 fully saturated rings. The first-order valence-corrected chi connectivity index (χ1v) is 10.8. The molecule has 2 atom stereocenters. The lowest BCUT2D eigenvalue weighted by atomic mass is 9.84. The molecule has 2 amide bonds. The van der Waals surface area contributed by atoms with E-state index in [1.807, 2.05) is 61.5 Å². The predicted octanol–water partition coefficient (Wildman–Crippen LogP) is 3.78. The lowest BCUT2D eigenvalue weighted by molar-refractivity contribution is -0.143. The number of β-amino-alcohol motifs (C(OH)–C–C–N with tert-alkyl or cyclic N) is 1. The summed E-state index contributed by atoms with van der Waals surface area (Å²) in [6, 6.07) is 17.9. The van der Waals surface area contributed by atoms with Crippen LogP contribution < -0.4 is 0 Å². The van der Waals surface area contributed by atoms with Crippen LogP contribution in [0.3, 0.4) is 0 Å². The summed E-state index contributed by atoms with van der Waals surface area (Å²) in [7, 11) is 0. The van der Waals surface area contributed by atoms with Crippen molar-refractivity contribution in [2.75, 3.05) is 13.2 Å². The predicted molar refractivity (Wildman–Crippen MR) is 114 cm³/mol. The quantitative estimate of drug-likeness (QED) is 0.710. The minimum absolute atomic E-state index is 0.00526. The van der Waals surface area contributed by atoms with Crippen molar-refractivity contribution >= 4 is 11.8 Å². The van der Waals surface area contributed by atoms with Crippen molar-refractivity contribution < 1.29 is 19.4 Å². The Labute approximate surface area is 177 Å². The van der Waals surface area contributed by atoms with Gasteiger partial charge in [0, 0.05) is 6.42 Å². The Balaban J connectivity index is 1.44. The average molecular weight is 408 g/mol. The van der Waals surface area contributed by atoms with Gasteiger partial charge in [-0.05, 0) is 36.5 Å². The van der Waals surface area contributed by atoms with Crippen molar-refractivity contribution in [3.63, 3.8) is 0 Å². The molecule has 30 heavy (non-hydrogen) atoms. The maximum atomic E-state index is 12.9. The van der Waals surface area contributed by atoms with Crippen molar-refractivity contribution in [2.24, 2.45) is 5.41 Å². The number of aryl methyl sites for hydroxylation is 1. The average Bonchev–Trinajstić information content (AvgIpc) is 3.31. The number of nitrogens with zero attached hydrogens (tertiary/aromatic N) is 1. The third-order valence-corrected chi connectivity index (χ3v) is 6.47. The zero-order chi connectivity index (χ0) is 21.1. The maximum absolute atomic E-state index is 12.9. The van der Waals surface area contributed by atoms with E-state index in [1.54, 1.807) is 0 Å². The normalized spacial score (nSPS) is 20.1. The highest BCUT2D eigenvalue weighted by molar-refractivity contribution is 6.06. The van der Waals surface area contributed by atoms with Crippen LogP contribution in [-0.2, 0) is 14.3 Å². The highest BCUT2D eigenvalue weighted by Gasteiger charge is 2.52. The summed E-state index contributed by atoms with van der Waals surface area (Å²) in [5, 5.41) is 10.6. The van der Waals surface area contributed by atoms with Gasteiger partial charge in [-0.15, -0.1) is 0 Å². The summed E-state index contributed by atoms with van der Waals surface area (Å²) >= 11 is 0. The molecule has 2 aliphatic rings. The van der Waals surface area contributed by atoms with Crippen LogP contribution in [0.4, 0.5) is 0 Å². The molecule has 2 unspecified atom stereocenters. The molecule has 1 spiro atoms. The van der Waals surface area contributed by atoms with E-state index < -0.39 is 11.5 Å². The van der Waals surface area contributed by atoms with Gasteiger partial charge in [0.2, 0.25) is 11.8 Å². The first kappa shape index (κ1) is 20.8. The fourth-order valence-corrected chi connectivity index (χ4v) is 4.83. The summed E-state index contributed by atoms with van der Waals surface area (Å²) in [4.78, 5) is 26.6. The second-order valence-electron chi connectivity index (χ2n) is 8.61. The monoisotopic (exact) mass is 407 g/mol. The number of aliphatic hydroxyl groups is 1. The standard InChI is InChI=1S/C25H29NO4/c1-18-9-5-6-12-21(18)23(19-10-3-2-4-11-19)30-17-20(27)16-26-22(28)15-25(24(26)29)13-7-8-14-25/h2-6,9-12,20,23,27H,7-8,13-17H2,1H3. The van der Waals surface area contributed by atoms with Gasteiger partial charge in [0.1, 0.15) is 6.10 Å². The van der Waals surface area contributed by atoms with Gasteiger partial charge in [0.05, 0.1) is 24.7 Å². The minimum Gasteiger partial charge on any atom is -0.389 e. The number of amides is 2. The maximum Gasteiger partial charge on any atom is 0.235 e. The molecule has 1 heterocycles. The summed E-state index contributed by atoms with van der Waals surface area (Å²) in [5.41, 5.74) is 2.63. The Morgan fingerprint density at radius 1 is 1.03 bits per heavy atom. The SMILES string of the molecule is Cc1ccccc1C(OCC(O)CN1C(=O)CC2(CCCC2)C1=O)c1ccccc1. The van der Waals surface area contributed by atoms with Crippen LogP contribution in [0, 0.1) is 12.3 Å². The van der Waals surface area contributed by atoms with Gasteiger partial charge in [0.15, 0.2) is 0 Å². The number of carbonyl (C=O) groups is 2. The van der Waals surface area contributed by atoms with Gasteiger partial charge in [-0.25, -0.2) is 0 Å². The molecule has 2 aromatic rings. The lowest BCUT2D eigenvalue weighted by Gasteiger charge is -2.25. The second-order valence-corrected chi connectivity index (χ2v) is 8.61. The molecular formula is C25H29NO4. The van der Waals surface area contributed by atoms with Crippen LogP contribution in [0.25, 0.3) is 0 Å². The van der Waals surface area contributed by atoms with Gasteiger partial charge in [-0.2, -0.15) is 0 Å². The summed E-state index contributed by atoms with van der Waals surface area (Å²) in [6.07, 6.45) is 2.59. The van der Waals surface area contributed by atoms with Crippen LogP contribution in [0.2, 0.25) is 0 Å². The number of benzene rings is 2. The molecule has 0 aromatic heterocycles. The van der Waals surface area contributed by atoms with Gasteiger partial charge >= 0.3 is 0 Å². The number of carbonyl (C=O) groups excluding carboxylic acids is 2. The molecule has 0 bridgehead atoms. The van der Waals surface area contributed by atoms with Crippen LogP contribution in [0.5, 0.6) is 0 Å². The van der Waals surface area contributed by atoms with E-state index in [2.05, 4.69) is 0 Å². The summed E-state index contributed by atoms with van der Waals surface area (Å²) < 4.78 is 6.16. The molecule has 1 saturated carbocycles. The Kier molecular flexibility index (Phi) is 6.02. The van der Waals surface area contributed by atoms with Crippen molar-refractivity contribution in [3.05, 3.63) is 71.3 Å². The number of likely N-dealkylation sites (tertiary alicyclic amines) is 1. The fourth-order valence-electron chi connectivity index (χ4n) is 4.83. The molecule has 1 saturated heterocycles. The molecule has 1 aliphatic carbocycles. The number of aliphatic hydroxyl groups excluding tert-OH is 1. The number of ether oxygens (including phenoxy) is 1. The third kappa shape index (κ3) is 4.05. The largest absolute Gasteiger partial charge is 0.389 e. The van der Waals surface area contributed by atoms with E-state index in [-0.39, 0.29) is 37.5 Å². The highest BCUT2D eigenvalue weighted by Crippen LogP contribution is 2.46. The number of hydrogen-bond donors (Lipinski definition) is 1. The van der Waals surface area contributed by atoms with Gasteiger partial charge in [0.25, 0.3) is 0 Å². The van der Waals surface area contributed by atoms with Crippen LogP contribution in [-0.4, -0.2) is 41.1 Å². The number of hydrogen-bond acceptors (Lipinski definition) is 4. The second kappa shape index (κ2) is 8.70. The minimum atomic E-state index is -0.926. The van der Waals surface area contributed by atoms with E-state index in [4.69, 9.17) is 4.74 Å². The third-order valence-electron chi connectivity index (χ3n) is 6.47. The summed E-state index contributed by atoms with van der Waals surface area (Å²) in [6.45, 7) is 2.07. The molecule has 5 nitrogen and oxygen atoms in total. The van der Waals surface area contributed by atoms with E-state index in [0.29, 0.717) is 0 Å². The van der Waals surface area contributed by atoms with E-state index in [9.17, 15) is 14.7 Å². The Hall–Kier alpha value is -2.50. The van der Waals surface area contributed by atoms with Crippen LogP contribution >= 0.6 is 0 Å². The Morgan fingerprint density at radius 2 is 1.70 bits per heavy atom. The molecule has 2 aromatic carbocycles. The Bertz CT molecular complexity index is 904. The zero-order valence-corrected chi connectivity index (χ0v) is 17.4. The van der Waals surface area contributed by atoms with Crippen LogP contribution in [0.15, 0.2) is 54.6 Å². The van der Waals surface area contributed by atoms with E-state index in [1.165, 1.54) is 4.90 Å².